The maximum atomic E-state index is 13.1. The molecular weight excluding hydrogens is 220 g/mol. The van der Waals surface area contributed by atoms with Gasteiger partial charge in [-0.2, -0.15) is 0 Å². The maximum Gasteiger partial charge on any atom is 0.248 e. The van der Waals surface area contributed by atoms with Crippen LogP contribution in [0.15, 0.2) is 0 Å². The first-order valence-electron chi connectivity index (χ1n) is 7.04. The van der Waals surface area contributed by atoms with Crippen LogP contribution in [0.25, 0.3) is 0 Å². The fraction of sp³-hybridized carbons (Fsp3) is 1.00. The minimum Gasteiger partial charge on any atom is -0.314 e. The van der Waals surface area contributed by atoms with Crippen molar-refractivity contribution in [2.24, 2.45) is 11.8 Å². The lowest BCUT2D eigenvalue weighted by Crippen LogP contribution is -2.30. The molecule has 1 fully saturated rings. The molecule has 0 spiro atoms. The number of hydrogen-bond acceptors (Lipinski definition) is 1. The van der Waals surface area contributed by atoms with Gasteiger partial charge in [0, 0.05) is 18.9 Å². The van der Waals surface area contributed by atoms with E-state index in [0.717, 1.165) is 32.2 Å². The van der Waals surface area contributed by atoms with E-state index >= 15 is 0 Å². The molecule has 1 aliphatic rings. The summed E-state index contributed by atoms with van der Waals surface area (Å²) in [5.74, 6) is -1.57. The highest BCUT2D eigenvalue weighted by atomic mass is 19.3. The molecule has 17 heavy (non-hydrogen) atoms. The molecule has 1 N–H and O–H groups in total. The van der Waals surface area contributed by atoms with Crippen LogP contribution in [0.5, 0.6) is 0 Å². The van der Waals surface area contributed by atoms with E-state index in [1.807, 2.05) is 0 Å². The van der Waals surface area contributed by atoms with Gasteiger partial charge in [0.05, 0.1) is 0 Å². The highest BCUT2D eigenvalue weighted by Crippen LogP contribution is 2.41. The zero-order valence-corrected chi connectivity index (χ0v) is 11.4. The van der Waals surface area contributed by atoms with Gasteiger partial charge in [-0.3, -0.25) is 0 Å². The van der Waals surface area contributed by atoms with Crippen LogP contribution in [0.2, 0.25) is 0 Å². The van der Waals surface area contributed by atoms with Crippen LogP contribution in [0, 0.1) is 11.8 Å². The highest BCUT2D eigenvalue weighted by molar-refractivity contribution is 4.83. The van der Waals surface area contributed by atoms with Gasteiger partial charge < -0.3 is 5.32 Å². The highest BCUT2D eigenvalue weighted by Gasteiger charge is 2.39. The lowest BCUT2D eigenvalue weighted by atomic mass is 9.90. The third-order valence-corrected chi connectivity index (χ3v) is 3.68. The Kier molecular flexibility index (Phi) is 5.84. The lowest BCUT2D eigenvalue weighted by molar-refractivity contribution is 0.00398. The third-order valence-electron chi connectivity index (χ3n) is 3.68. The molecule has 102 valence electrons. The van der Waals surface area contributed by atoms with E-state index in [9.17, 15) is 8.78 Å². The molecule has 1 rings (SSSR count). The van der Waals surface area contributed by atoms with Crippen molar-refractivity contribution in [3.05, 3.63) is 0 Å². The minimum atomic E-state index is -2.38. The van der Waals surface area contributed by atoms with Gasteiger partial charge in [0.2, 0.25) is 5.92 Å². The van der Waals surface area contributed by atoms with E-state index in [-0.39, 0.29) is 18.8 Å². The van der Waals surface area contributed by atoms with Crippen LogP contribution in [0.3, 0.4) is 0 Å². The van der Waals surface area contributed by atoms with Crippen molar-refractivity contribution >= 4 is 0 Å². The summed E-state index contributed by atoms with van der Waals surface area (Å²) in [5, 5.41) is 3.44. The number of rotatable bonds is 7. The van der Waals surface area contributed by atoms with Crippen LogP contribution in [0.1, 0.15) is 59.3 Å². The average molecular weight is 247 g/mol. The number of alkyl halides is 2. The van der Waals surface area contributed by atoms with Crippen molar-refractivity contribution in [2.75, 3.05) is 6.54 Å². The molecule has 0 aliphatic heterocycles. The van der Waals surface area contributed by atoms with Gasteiger partial charge in [0.15, 0.2) is 0 Å². The third kappa shape index (κ3) is 5.80. The Labute approximate surface area is 104 Å². The second-order valence-corrected chi connectivity index (χ2v) is 5.92. The Morgan fingerprint density at radius 1 is 1.35 bits per heavy atom. The summed E-state index contributed by atoms with van der Waals surface area (Å²) in [6.45, 7) is 7.42. The molecule has 0 amide bonds. The molecule has 2 unspecified atom stereocenters. The van der Waals surface area contributed by atoms with Gasteiger partial charge >= 0.3 is 0 Å². The zero-order valence-electron chi connectivity index (χ0n) is 11.4. The smallest absolute Gasteiger partial charge is 0.248 e. The first-order valence-corrected chi connectivity index (χ1v) is 7.04. The Morgan fingerprint density at radius 2 is 2.06 bits per heavy atom. The monoisotopic (exact) mass is 247 g/mol. The molecule has 0 heterocycles. The van der Waals surface area contributed by atoms with Crippen molar-refractivity contribution in [1.82, 2.24) is 5.32 Å². The molecule has 0 saturated heterocycles. The maximum absolute atomic E-state index is 13.1. The van der Waals surface area contributed by atoms with E-state index in [1.54, 1.807) is 0 Å². The first kappa shape index (κ1) is 14.9. The Hall–Kier alpha value is -0.180. The van der Waals surface area contributed by atoms with Crippen molar-refractivity contribution in [3.8, 4) is 0 Å². The van der Waals surface area contributed by atoms with Crippen LogP contribution in [-0.2, 0) is 0 Å². The van der Waals surface area contributed by atoms with E-state index < -0.39 is 5.92 Å². The number of halogens is 2. The van der Waals surface area contributed by atoms with Gasteiger partial charge in [-0.05, 0) is 37.6 Å². The fourth-order valence-corrected chi connectivity index (χ4v) is 2.83. The molecule has 1 saturated carbocycles. The minimum absolute atomic E-state index is 0.105. The van der Waals surface area contributed by atoms with E-state index in [0.29, 0.717) is 12.0 Å². The Morgan fingerprint density at radius 3 is 2.53 bits per heavy atom. The topological polar surface area (TPSA) is 12.0 Å². The van der Waals surface area contributed by atoms with E-state index in [2.05, 4.69) is 26.1 Å². The predicted octanol–water partition coefficient (Wildman–Crippen LogP) is 4.23. The van der Waals surface area contributed by atoms with Gasteiger partial charge in [0.1, 0.15) is 0 Å². The quantitative estimate of drug-likeness (QED) is 0.710. The summed E-state index contributed by atoms with van der Waals surface area (Å²) in [6.07, 6.45) is 4.22. The molecule has 0 aromatic heterocycles. The molecule has 0 radical (unpaired) electrons. The second-order valence-electron chi connectivity index (χ2n) is 5.92. The summed E-state index contributed by atoms with van der Waals surface area (Å²) in [7, 11) is 0. The Balaban J connectivity index is 2.33. The predicted molar refractivity (Wildman–Crippen MR) is 68.4 cm³/mol. The summed E-state index contributed by atoms with van der Waals surface area (Å²) < 4.78 is 26.3. The van der Waals surface area contributed by atoms with E-state index in [4.69, 9.17) is 0 Å². The number of nitrogens with one attached hydrogen (secondary N) is 1. The molecule has 0 bridgehead atoms. The normalized spacial score (nSPS) is 25.4. The van der Waals surface area contributed by atoms with Crippen molar-refractivity contribution in [2.45, 2.75) is 71.3 Å². The molecule has 0 aromatic rings. The van der Waals surface area contributed by atoms with Gasteiger partial charge in [-0.25, -0.2) is 8.78 Å². The van der Waals surface area contributed by atoms with Crippen molar-refractivity contribution in [3.63, 3.8) is 0 Å². The SMILES string of the molecule is CCCC(CNC(C)C)CC1CCC(F)(F)C1. The fourth-order valence-electron chi connectivity index (χ4n) is 2.83. The van der Waals surface area contributed by atoms with Gasteiger partial charge in [-0.15, -0.1) is 0 Å². The zero-order chi connectivity index (χ0) is 12.9. The lowest BCUT2D eigenvalue weighted by Gasteiger charge is -2.22. The molecule has 0 aromatic carbocycles. The summed E-state index contributed by atoms with van der Waals surface area (Å²) in [4.78, 5) is 0. The van der Waals surface area contributed by atoms with Crippen LogP contribution in [-0.4, -0.2) is 18.5 Å². The first-order chi connectivity index (χ1) is 7.93. The standard InChI is InChI=1S/C14H27F2N/c1-4-5-13(10-17-11(2)3)8-12-6-7-14(15,16)9-12/h11-13,17H,4-10H2,1-3H3. The molecule has 1 nitrogen and oxygen atoms in total. The Bertz CT molecular complexity index is 216. The summed E-state index contributed by atoms with van der Waals surface area (Å²) in [5.41, 5.74) is 0. The summed E-state index contributed by atoms with van der Waals surface area (Å²) in [6, 6.07) is 0.486. The molecular formula is C14H27F2N. The largest absolute Gasteiger partial charge is 0.314 e. The molecule has 2 atom stereocenters. The van der Waals surface area contributed by atoms with E-state index in [1.165, 1.54) is 0 Å². The molecule has 1 aliphatic carbocycles. The van der Waals surface area contributed by atoms with Gasteiger partial charge in [-0.1, -0.05) is 27.2 Å². The second kappa shape index (κ2) is 6.67. The number of hydrogen-bond donors (Lipinski definition) is 1. The van der Waals surface area contributed by atoms with Crippen LogP contribution >= 0.6 is 0 Å². The van der Waals surface area contributed by atoms with Crippen molar-refractivity contribution in [1.29, 1.82) is 0 Å². The van der Waals surface area contributed by atoms with Crippen LogP contribution in [0.4, 0.5) is 8.78 Å². The van der Waals surface area contributed by atoms with Crippen molar-refractivity contribution < 1.29 is 8.78 Å². The van der Waals surface area contributed by atoms with Crippen LogP contribution < -0.4 is 5.32 Å². The summed E-state index contributed by atoms with van der Waals surface area (Å²) >= 11 is 0. The van der Waals surface area contributed by atoms with Gasteiger partial charge in [0.25, 0.3) is 0 Å². The average Bonchev–Trinajstić information content (AvgIpc) is 2.55. The molecule has 3 heteroatoms.